The molecular formula is C14H11N3O2. The van der Waals surface area contributed by atoms with Crippen LogP contribution in [0.1, 0.15) is 16.1 Å². The van der Waals surface area contributed by atoms with Crippen molar-refractivity contribution in [1.29, 1.82) is 0 Å². The van der Waals surface area contributed by atoms with Crippen LogP contribution in [-0.4, -0.2) is 26.0 Å². The lowest BCUT2D eigenvalue weighted by molar-refractivity contribution is 0.0697. The lowest BCUT2D eigenvalue weighted by Crippen LogP contribution is -1.95. The van der Waals surface area contributed by atoms with Crippen LogP contribution in [0.5, 0.6) is 0 Å². The van der Waals surface area contributed by atoms with Gasteiger partial charge in [0.25, 0.3) is 0 Å². The number of aromatic amines is 1. The Morgan fingerprint density at radius 1 is 1.21 bits per heavy atom. The van der Waals surface area contributed by atoms with Crippen LogP contribution < -0.4 is 0 Å². The van der Waals surface area contributed by atoms with Gasteiger partial charge in [0.1, 0.15) is 5.82 Å². The van der Waals surface area contributed by atoms with Crippen molar-refractivity contribution in [2.75, 3.05) is 0 Å². The van der Waals surface area contributed by atoms with Gasteiger partial charge in [-0.05, 0) is 31.2 Å². The molecule has 3 rings (SSSR count). The summed E-state index contributed by atoms with van der Waals surface area (Å²) in [6, 6.07) is 10.5. The molecule has 0 unspecified atom stereocenters. The summed E-state index contributed by atoms with van der Waals surface area (Å²) in [7, 11) is 0. The van der Waals surface area contributed by atoms with Crippen molar-refractivity contribution < 1.29 is 9.90 Å². The molecule has 0 fully saturated rings. The number of aryl methyl sites for hydroxylation is 1. The molecule has 1 aromatic carbocycles. The highest BCUT2D eigenvalue weighted by Gasteiger charge is 2.09. The van der Waals surface area contributed by atoms with E-state index in [1.54, 1.807) is 18.2 Å². The number of hydrogen-bond donors (Lipinski definition) is 2. The average Bonchev–Trinajstić information content (AvgIpc) is 2.81. The van der Waals surface area contributed by atoms with E-state index in [0.29, 0.717) is 11.5 Å². The van der Waals surface area contributed by atoms with Gasteiger partial charge in [-0.3, -0.25) is 0 Å². The molecule has 0 saturated heterocycles. The van der Waals surface area contributed by atoms with Crippen LogP contribution in [0.2, 0.25) is 0 Å². The van der Waals surface area contributed by atoms with E-state index in [9.17, 15) is 4.79 Å². The van der Waals surface area contributed by atoms with E-state index >= 15 is 0 Å². The molecule has 5 nitrogen and oxygen atoms in total. The molecule has 5 heteroatoms. The molecular weight excluding hydrogens is 242 g/mol. The molecule has 0 amide bonds. The van der Waals surface area contributed by atoms with Crippen molar-refractivity contribution in [2.24, 2.45) is 0 Å². The third-order valence-electron chi connectivity index (χ3n) is 2.87. The predicted molar refractivity (Wildman–Crippen MR) is 71.0 cm³/mol. The van der Waals surface area contributed by atoms with Crippen molar-refractivity contribution in [1.82, 2.24) is 15.0 Å². The van der Waals surface area contributed by atoms with Crippen LogP contribution in [0.4, 0.5) is 0 Å². The van der Waals surface area contributed by atoms with E-state index in [4.69, 9.17) is 5.11 Å². The SMILES string of the molecule is Cc1ccc2[nH]c(-c3cccc(C(=O)O)c3)nc2n1. The first-order valence-corrected chi connectivity index (χ1v) is 5.80. The number of carbonyl (C=O) groups is 1. The molecule has 0 radical (unpaired) electrons. The molecule has 0 spiro atoms. The largest absolute Gasteiger partial charge is 0.478 e. The fourth-order valence-electron chi connectivity index (χ4n) is 1.92. The van der Waals surface area contributed by atoms with Crippen molar-refractivity contribution in [2.45, 2.75) is 6.92 Å². The molecule has 3 aromatic rings. The minimum Gasteiger partial charge on any atom is -0.478 e. The second kappa shape index (κ2) is 4.20. The van der Waals surface area contributed by atoms with Gasteiger partial charge in [0.15, 0.2) is 5.65 Å². The van der Waals surface area contributed by atoms with Gasteiger partial charge in [0.2, 0.25) is 0 Å². The average molecular weight is 253 g/mol. The third-order valence-corrected chi connectivity index (χ3v) is 2.87. The van der Waals surface area contributed by atoms with Gasteiger partial charge < -0.3 is 10.1 Å². The number of fused-ring (bicyclic) bond motifs is 1. The molecule has 0 aliphatic rings. The summed E-state index contributed by atoms with van der Waals surface area (Å²) < 4.78 is 0. The summed E-state index contributed by atoms with van der Waals surface area (Å²) in [5.41, 5.74) is 3.33. The Hall–Kier alpha value is -2.69. The number of hydrogen-bond acceptors (Lipinski definition) is 3. The summed E-state index contributed by atoms with van der Waals surface area (Å²) in [5.74, 6) is -0.330. The van der Waals surface area contributed by atoms with E-state index in [0.717, 1.165) is 16.8 Å². The molecule has 0 aliphatic carbocycles. The Morgan fingerprint density at radius 2 is 2.05 bits per heavy atom. The number of nitrogens with zero attached hydrogens (tertiary/aromatic N) is 2. The molecule has 0 bridgehead atoms. The van der Waals surface area contributed by atoms with Gasteiger partial charge >= 0.3 is 5.97 Å². The van der Waals surface area contributed by atoms with Crippen LogP contribution in [0.25, 0.3) is 22.6 Å². The normalized spacial score (nSPS) is 10.8. The monoisotopic (exact) mass is 253 g/mol. The number of rotatable bonds is 2. The van der Waals surface area contributed by atoms with Crippen molar-refractivity contribution in [3.05, 3.63) is 47.7 Å². The first kappa shape index (κ1) is 11.4. The maximum atomic E-state index is 11.0. The van der Waals surface area contributed by atoms with Crippen LogP contribution >= 0.6 is 0 Å². The third kappa shape index (κ3) is 2.06. The van der Waals surface area contributed by atoms with Crippen LogP contribution in [-0.2, 0) is 0 Å². The van der Waals surface area contributed by atoms with Gasteiger partial charge in [-0.15, -0.1) is 0 Å². The van der Waals surface area contributed by atoms with Crippen LogP contribution in [0.15, 0.2) is 36.4 Å². The molecule has 19 heavy (non-hydrogen) atoms. The number of aromatic carboxylic acids is 1. The Kier molecular flexibility index (Phi) is 2.52. The predicted octanol–water partition coefficient (Wildman–Crippen LogP) is 2.63. The van der Waals surface area contributed by atoms with E-state index in [2.05, 4.69) is 15.0 Å². The van der Waals surface area contributed by atoms with Crippen molar-refractivity contribution in [3.63, 3.8) is 0 Å². The quantitative estimate of drug-likeness (QED) is 0.735. The number of pyridine rings is 1. The first-order chi connectivity index (χ1) is 9.13. The van der Waals surface area contributed by atoms with Crippen molar-refractivity contribution >= 4 is 17.1 Å². The Bertz CT molecular complexity index is 777. The molecule has 94 valence electrons. The van der Waals surface area contributed by atoms with Gasteiger partial charge in [0.05, 0.1) is 11.1 Å². The standard InChI is InChI=1S/C14H11N3O2/c1-8-5-6-11-13(15-8)17-12(16-11)9-3-2-4-10(7-9)14(18)19/h2-7H,1H3,(H,18,19)(H,15,16,17). The highest BCUT2D eigenvalue weighted by atomic mass is 16.4. The maximum Gasteiger partial charge on any atom is 0.335 e. The number of aromatic nitrogens is 3. The topological polar surface area (TPSA) is 78.9 Å². The lowest BCUT2D eigenvalue weighted by Gasteiger charge is -1.98. The van der Waals surface area contributed by atoms with Gasteiger partial charge in [0, 0.05) is 11.3 Å². The highest BCUT2D eigenvalue weighted by Crippen LogP contribution is 2.20. The number of imidazole rings is 1. The summed E-state index contributed by atoms with van der Waals surface area (Å²) in [6.45, 7) is 1.90. The summed E-state index contributed by atoms with van der Waals surface area (Å²) in [6.07, 6.45) is 0. The van der Waals surface area contributed by atoms with E-state index in [1.807, 2.05) is 25.1 Å². The van der Waals surface area contributed by atoms with E-state index in [-0.39, 0.29) is 5.56 Å². The zero-order valence-corrected chi connectivity index (χ0v) is 10.2. The van der Waals surface area contributed by atoms with Crippen molar-refractivity contribution in [3.8, 4) is 11.4 Å². The maximum absolute atomic E-state index is 11.0. The first-order valence-electron chi connectivity index (χ1n) is 5.80. The molecule has 0 aliphatic heterocycles. The minimum absolute atomic E-state index is 0.238. The second-order valence-electron chi connectivity index (χ2n) is 4.30. The van der Waals surface area contributed by atoms with Crippen LogP contribution in [0, 0.1) is 6.92 Å². The number of benzene rings is 1. The molecule has 2 heterocycles. The summed E-state index contributed by atoms with van der Waals surface area (Å²) in [5, 5.41) is 8.99. The zero-order valence-electron chi connectivity index (χ0n) is 10.2. The van der Waals surface area contributed by atoms with Gasteiger partial charge in [-0.1, -0.05) is 12.1 Å². The van der Waals surface area contributed by atoms with Crippen LogP contribution in [0.3, 0.4) is 0 Å². The molecule has 2 aromatic heterocycles. The Balaban J connectivity index is 2.13. The lowest BCUT2D eigenvalue weighted by atomic mass is 10.1. The summed E-state index contributed by atoms with van der Waals surface area (Å²) >= 11 is 0. The molecule has 0 saturated carbocycles. The van der Waals surface area contributed by atoms with E-state index < -0.39 is 5.97 Å². The number of carboxylic acid groups (broad SMARTS) is 1. The number of H-pyrrole nitrogens is 1. The number of carboxylic acids is 1. The number of nitrogens with one attached hydrogen (secondary N) is 1. The Labute approximate surface area is 109 Å². The molecule has 2 N–H and O–H groups in total. The van der Waals surface area contributed by atoms with E-state index in [1.165, 1.54) is 0 Å². The van der Waals surface area contributed by atoms with Gasteiger partial charge in [-0.2, -0.15) is 0 Å². The fraction of sp³-hybridized carbons (Fsp3) is 0.0714. The summed E-state index contributed by atoms with van der Waals surface area (Å²) in [4.78, 5) is 22.8. The second-order valence-corrected chi connectivity index (χ2v) is 4.30. The zero-order chi connectivity index (χ0) is 13.4. The molecule has 0 atom stereocenters. The Morgan fingerprint density at radius 3 is 2.84 bits per heavy atom. The minimum atomic E-state index is -0.952. The fourth-order valence-corrected chi connectivity index (χ4v) is 1.92. The highest BCUT2D eigenvalue weighted by molar-refractivity contribution is 5.89. The smallest absolute Gasteiger partial charge is 0.335 e. The van der Waals surface area contributed by atoms with Gasteiger partial charge in [-0.25, -0.2) is 14.8 Å².